The molecule has 6 aromatic rings. The van der Waals surface area contributed by atoms with E-state index in [1.165, 1.54) is 10.9 Å². The van der Waals surface area contributed by atoms with Gasteiger partial charge in [-0.25, -0.2) is 4.98 Å². The number of aryl methyl sites for hydroxylation is 1. The second-order valence-electron chi connectivity index (χ2n) is 9.64. The molecule has 0 aliphatic heterocycles. The van der Waals surface area contributed by atoms with Crippen LogP contribution in [0.2, 0.25) is 5.02 Å². The molecule has 43 heavy (non-hydrogen) atoms. The van der Waals surface area contributed by atoms with Gasteiger partial charge in [-0.15, -0.1) is 0 Å². The Morgan fingerprint density at radius 2 is 1.81 bits per heavy atom. The fraction of sp³-hybridized carbons (Fsp3) is 0.0909. The van der Waals surface area contributed by atoms with Crippen molar-refractivity contribution in [2.24, 2.45) is 5.10 Å². The number of benzene rings is 4. The number of fused-ring (bicyclic) bond motifs is 2. The maximum Gasteiger partial charge on any atom is 0.282 e. The average Bonchev–Trinajstić information content (AvgIpc) is 3.46. The number of nitrogens with one attached hydrogen (secondary N) is 1. The van der Waals surface area contributed by atoms with Gasteiger partial charge < -0.3 is 19.2 Å². The monoisotopic (exact) mass is 592 g/mol. The first-order valence-electron chi connectivity index (χ1n) is 13.3. The first-order chi connectivity index (χ1) is 20.9. The van der Waals surface area contributed by atoms with E-state index in [4.69, 9.17) is 30.5 Å². The summed E-state index contributed by atoms with van der Waals surface area (Å²) in [5.74, 6) is 1.24. The molecule has 1 amide bonds. The lowest BCUT2D eigenvalue weighted by Gasteiger charge is -2.11. The van der Waals surface area contributed by atoms with Crippen molar-refractivity contribution in [3.8, 4) is 23.1 Å². The van der Waals surface area contributed by atoms with Crippen LogP contribution in [-0.4, -0.2) is 35.5 Å². The first kappa shape index (κ1) is 27.7. The lowest BCUT2D eigenvalue weighted by atomic mass is 10.2. The summed E-state index contributed by atoms with van der Waals surface area (Å²) >= 11 is 6.46. The van der Waals surface area contributed by atoms with Crippen LogP contribution in [0.5, 0.6) is 11.5 Å². The van der Waals surface area contributed by atoms with Gasteiger partial charge in [-0.2, -0.15) is 9.78 Å². The summed E-state index contributed by atoms with van der Waals surface area (Å²) in [5, 5.41) is 8.72. The summed E-state index contributed by atoms with van der Waals surface area (Å²) in [6, 6.07) is 26.7. The van der Waals surface area contributed by atoms with E-state index in [-0.39, 0.29) is 28.9 Å². The van der Waals surface area contributed by atoms with Crippen molar-refractivity contribution in [3.63, 3.8) is 0 Å². The zero-order chi connectivity index (χ0) is 29.9. The molecule has 0 spiro atoms. The van der Waals surface area contributed by atoms with Crippen molar-refractivity contribution in [3.05, 3.63) is 117 Å². The van der Waals surface area contributed by atoms with Crippen molar-refractivity contribution in [1.29, 1.82) is 0 Å². The predicted octanol–water partition coefficient (Wildman–Crippen LogP) is 6.68. The number of hydrogen-bond donors (Lipinski definition) is 1. The molecular formula is C33H25ClN4O5. The number of para-hydroxylation sites is 2. The largest absolute Gasteiger partial charge is 0.496 e. The molecule has 2 heterocycles. The number of hydrogen-bond acceptors (Lipinski definition) is 7. The number of methoxy groups -OCH3 is 1. The standard InChI is InChI=1S/C33H25ClN4O5/c1-20-8-3-5-10-25(20)36-31(39)19-42-29-15-14-21(16-24(29)34)18-35-38-32(37-26-11-6-4-9-22(26)33(38)40)30-17-23-27(41-2)12-7-13-28(23)43-30/h3-18H,19H2,1-2H3,(H,36,39). The van der Waals surface area contributed by atoms with E-state index in [2.05, 4.69) is 10.4 Å². The molecular weight excluding hydrogens is 568 g/mol. The number of nitrogens with zero attached hydrogens (tertiary/aromatic N) is 3. The molecule has 0 fully saturated rings. The van der Waals surface area contributed by atoms with E-state index in [0.717, 1.165) is 10.9 Å². The summed E-state index contributed by atoms with van der Waals surface area (Å²) < 4.78 is 18.4. The summed E-state index contributed by atoms with van der Waals surface area (Å²) in [6.07, 6.45) is 1.49. The summed E-state index contributed by atoms with van der Waals surface area (Å²) in [4.78, 5) is 30.7. The molecule has 1 N–H and O–H groups in total. The fourth-order valence-electron chi connectivity index (χ4n) is 4.59. The molecule has 0 saturated heterocycles. The predicted molar refractivity (Wildman–Crippen MR) is 168 cm³/mol. The van der Waals surface area contributed by atoms with Gasteiger partial charge in [-0.05, 0) is 72.6 Å². The second-order valence-corrected chi connectivity index (χ2v) is 10.0. The number of carbonyl (C=O) groups is 1. The van der Waals surface area contributed by atoms with E-state index >= 15 is 0 Å². The minimum absolute atomic E-state index is 0.217. The van der Waals surface area contributed by atoms with Crippen LogP contribution >= 0.6 is 11.6 Å². The number of rotatable bonds is 8. The van der Waals surface area contributed by atoms with Gasteiger partial charge in [0.05, 0.1) is 34.6 Å². The molecule has 0 unspecified atom stereocenters. The van der Waals surface area contributed by atoms with Crippen LogP contribution in [0.4, 0.5) is 5.69 Å². The maximum atomic E-state index is 13.6. The van der Waals surface area contributed by atoms with E-state index in [0.29, 0.717) is 45.0 Å². The maximum absolute atomic E-state index is 13.6. The quantitative estimate of drug-likeness (QED) is 0.198. The van der Waals surface area contributed by atoms with Crippen LogP contribution in [0.15, 0.2) is 105 Å². The van der Waals surface area contributed by atoms with Crippen LogP contribution in [0.25, 0.3) is 33.5 Å². The molecule has 0 radical (unpaired) electrons. The van der Waals surface area contributed by atoms with Gasteiger partial charge in [-0.3, -0.25) is 9.59 Å². The van der Waals surface area contributed by atoms with Crippen LogP contribution in [-0.2, 0) is 4.79 Å². The average molecular weight is 593 g/mol. The van der Waals surface area contributed by atoms with Crippen molar-refractivity contribution in [2.75, 3.05) is 19.0 Å². The Balaban J connectivity index is 1.28. The summed E-state index contributed by atoms with van der Waals surface area (Å²) in [7, 11) is 1.58. The van der Waals surface area contributed by atoms with Crippen LogP contribution < -0.4 is 20.3 Å². The first-order valence-corrected chi connectivity index (χ1v) is 13.7. The molecule has 0 aliphatic carbocycles. The van der Waals surface area contributed by atoms with Gasteiger partial charge in [0.2, 0.25) is 5.82 Å². The van der Waals surface area contributed by atoms with Crippen molar-refractivity contribution in [1.82, 2.24) is 9.66 Å². The zero-order valence-corrected chi connectivity index (χ0v) is 24.0. The molecule has 4 aromatic carbocycles. The number of anilines is 1. The van der Waals surface area contributed by atoms with E-state index in [9.17, 15) is 9.59 Å². The van der Waals surface area contributed by atoms with E-state index in [1.54, 1.807) is 49.6 Å². The molecule has 6 rings (SSSR count). The number of amides is 1. The van der Waals surface area contributed by atoms with Crippen LogP contribution in [0.3, 0.4) is 0 Å². The van der Waals surface area contributed by atoms with Gasteiger partial charge >= 0.3 is 0 Å². The molecule has 0 saturated carbocycles. The zero-order valence-electron chi connectivity index (χ0n) is 23.2. The lowest BCUT2D eigenvalue weighted by molar-refractivity contribution is -0.118. The highest BCUT2D eigenvalue weighted by Gasteiger charge is 2.18. The Morgan fingerprint density at radius 3 is 2.63 bits per heavy atom. The van der Waals surface area contributed by atoms with Crippen molar-refractivity contribution < 1.29 is 18.7 Å². The molecule has 9 nitrogen and oxygen atoms in total. The topological polar surface area (TPSA) is 108 Å². The molecule has 10 heteroatoms. The molecule has 2 aromatic heterocycles. The van der Waals surface area contributed by atoms with Crippen molar-refractivity contribution >= 4 is 51.3 Å². The SMILES string of the molecule is COc1cccc2oc(-c3nc4ccccc4c(=O)n3N=Cc3ccc(OCC(=O)Nc4ccccc4C)c(Cl)c3)cc12. The minimum atomic E-state index is -0.366. The van der Waals surface area contributed by atoms with Gasteiger partial charge in [0.15, 0.2) is 12.4 Å². The number of ether oxygens (including phenoxy) is 2. The van der Waals surface area contributed by atoms with Gasteiger partial charge in [0.25, 0.3) is 11.5 Å². The molecule has 0 bridgehead atoms. The van der Waals surface area contributed by atoms with Gasteiger partial charge in [-0.1, -0.05) is 48.0 Å². The Morgan fingerprint density at radius 1 is 1.00 bits per heavy atom. The number of furan rings is 1. The highest BCUT2D eigenvalue weighted by molar-refractivity contribution is 6.32. The molecule has 214 valence electrons. The van der Waals surface area contributed by atoms with E-state index < -0.39 is 0 Å². The number of carbonyl (C=O) groups excluding carboxylic acids is 1. The summed E-state index contributed by atoms with van der Waals surface area (Å²) in [6.45, 7) is 1.69. The molecule has 0 atom stereocenters. The Hall–Kier alpha value is -5.41. The Kier molecular flexibility index (Phi) is 7.63. The third-order valence-corrected chi connectivity index (χ3v) is 7.07. The fourth-order valence-corrected chi connectivity index (χ4v) is 4.84. The van der Waals surface area contributed by atoms with Crippen molar-refractivity contribution in [2.45, 2.75) is 6.92 Å². The second kappa shape index (κ2) is 11.8. The lowest BCUT2D eigenvalue weighted by Crippen LogP contribution is -2.20. The third kappa shape index (κ3) is 5.71. The highest BCUT2D eigenvalue weighted by Crippen LogP contribution is 2.33. The number of aromatic nitrogens is 2. The van der Waals surface area contributed by atoms with Gasteiger partial charge in [0.1, 0.15) is 17.1 Å². The van der Waals surface area contributed by atoms with E-state index in [1.807, 2.05) is 55.5 Å². The minimum Gasteiger partial charge on any atom is -0.496 e. The summed E-state index contributed by atoms with van der Waals surface area (Å²) in [5.41, 5.74) is 2.99. The third-order valence-electron chi connectivity index (χ3n) is 6.77. The van der Waals surface area contributed by atoms with Gasteiger partial charge in [0, 0.05) is 5.69 Å². The smallest absolute Gasteiger partial charge is 0.282 e. The Labute approximate surface area is 251 Å². The number of halogens is 1. The van der Waals surface area contributed by atoms with Crippen LogP contribution in [0, 0.1) is 6.92 Å². The highest BCUT2D eigenvalue weighted by atomic mass is 35.5. The normalized spacial score (nSPS) is 11.3. The van der Waals surface area contributed by atoms with Crippen LogP contribution in [0.1, 0.15) is 11.1 Å². The molecule has 0 aliphatic rings. The Bertz CT molecular complexity index is 2080.